The van der Waals surface area contributed by atoms with Crippen molar-refractivity contribution in [3.8, 4) is 0 Å². The van der Waals surface area contributed by atoms with E-state index < -0.39 is 42.0 Å². The molecule has 0 aromatic rings. The normalized spacial score (nSPS) is 25.0. The smallest absolute Gasteiger partial charge is 0.407 e. The number of hydrogen-bond acceptors (Lipinski definition) is 4. The maximum atomic E-state index is 13.5. The van der Waals surface area contributed by atoms with Gasteiger partial charge in [-0.15, -0.1) is 0 Å². The van der Waals surface area contributed by atoms with Crippen LogP contribution in [-0.4, -0.2) is 36.2 Å². The summed E-state index contributed by atoms with van der Waals surface area (Å²) in [4.78, 5) is 23.6. The van der Waals surface area contributed by atoms with Crippen molar-refractivity contribution < 1.29 is 27.8 Å². The number of halogens is 2. The van der Waals surface area contributed by atoms with Gasteiger partial charge >= 0.3 is 12.1 Å². The van der Waals surface area contributed by atoms with Gasteiger partial charge in [-0.2, -0.15) is 0 Å². The Bertz CT molecular complexity index is 393. The highest BCUT2D eigenvalue weighted by atomic mass is 19.3. The molecule has 1 N–H and O–H groups in total. The maximum Gasteiger partial charge on any atom is 0.407 e. The molecule has 0 spiro atoms. The Labute approximate surface area is 123 Å². The van der Waals surface area contributed by atoms with E-state index in [1.165, 1.54) is 0 Å². The van der Waals surface area contributed by atoms with Crippen LogP contribution in [-0.2, 0) is 14.3 Å². The fourth-order valence-electron chi connectivity index (χ4n) is 2.28. The monoisotopic (exact) mass is 307 g/mol. The molecule has 122 valence electrons. The Kier molecular flexibility index (Phi) is 5.53. The van der Waals surface area contributed by atoms with Gasteiger partial charge in [-0.25, -0.2) is 13.6 Å². The summed E-state index contributed by atoms with van der Waals surface area (Å²) in [6, 6.07) is -0.984. The Balaban J connectivity index is 2.75. The molecular weight excluding hydrogens is 284 g/mol. The van der Waals surface area contributed by atoms with E-state index in [2.05, 4.69) is 5.32 Å². The number of rotatable bonds is 3. The Morgan fingerprint density at radius 2 is 1.95 bits per heavy atom. The van der Waals surface area contributed by atoms with Crippen LogP contribution in [0.15, 0.2) is 0 Å². The molecule has 1 amide bonds. The molecule has 21 heavy (non-hydrogen) atoms. The van der Waals surface area contributed by atoms with Crippen LogP contribution < -0.4 is 5.32 Å². The van der Waals surface area contributed by atoms with E-state index >= 15 is 0 Å². The molecule has 1 saturated carbocycles. The first-order chi connectivity index (χ1) is 9.54. The highest BCUT2D eigenvalue weighted by Crippen LogP contribution is 2.37. The lowest BCUT2D eigenvalue weighted by Gasteiger charge is -2.35. The molecule has 5 nitrogen and oxygen atoms in total. The Hall–Kier alpha value is -1.40. The van der Waals surface area contributed by atoms with Gasteiger partial charge in [0, 0.05) is 12.8 Å². The molecule has 1 rings (SSSR count). The summed E-state index contributed by atoms with van der Waals surface area (Å²) in [6.45, 7) is 6.83. The zero-order valence-electron chi connectivity index (χ0n) is 12.9. The number of hydrogen-bond donors (Lipinski definition) is 1. The molecule has 1 aliphatic carbocycles. The van der Waals surface area contributed by atoms with Crippen molar-refractivity contribution in [1.29, 1.82) is 0 Å². The van der Waals surface area contributed by atoms with Crippen molar-refractivity contribution in [2.45, 2.75) is 64.5 Å². The number of nitrogens with one attached hydrogen (secondary N) is 1. The fraction of sp³-hybridized carbons (Fsp3) is 0.857. The van der Waals surface area contributed by atoms with Crippen LogP contribution in [0.3, 0.4) is 0 Å². The van der Waals surface area contributed by atoms with E-state index in [0.29, 0.717) is 0 Å². The lowest BCUT2D eigenvalue weighted by molar-refractivity contribution is -0.153. The zero-order valence-corrected chi connectivity index (χ0v) is 12.9. The number of esters is 1. The van der Waals surface area contributed by atoms with Crippen LogP contribution >= 0.6 is 0 Å². The van der Waals surface area contributed by atoms with E-state index in [-0.39, 0.29) is 19.4 Å². The topological polar surface area (TPSA) is 64.6 Å². The summed E-state index contributed by atoms with van der Waals surface area (Å²) in [7, 11) is 0. The number of carbonyl (C=O) groups excluding carboxylic acids is 2. The molecule has 1 aliphatic rings. The van der Waals surface area contributed by atoms with Gasteiger partial charge in [0.1, 0.15) is 5.60 Å². The summed E-state index contributed by atoms with van der Waals surface area (Å²) in [5, 5.41) is 2.38. The second-order valence-corrected chi connectivity index (χ2v) is 6.21. The number of alkyl halides is 2. The van der Waals surface area contributed by atoms with Gasteiger partial charge in [0.05, 0.1) is 18.6 Å². The van der Waals surface area contributed by atoms with Crippen LogP contribution in [0.5, 0.6) is 0 Å². The average molecular weight is 307 g/mol. The van der Waals surface area contributed by atoms with Crippen LogP contribution in [0, 0.1) is 5.92 Å². The average Bonchev–Trinajstić information content (AvgIpc) is 2.25. The van der Waals surface area contributed by atoms with Gasteiger partial charge in [0.15, 0.2) is 0 Å². The number of carbonyl (C=O) groups is 2. The SMILES string of the molecule is CCOC(=O)[C@@H]1CCC(F)(F)C[C@H]1NC(=O)OC(C)(C)C. The van der Waals surface area contributed by atoms with Crippen molar-refractivity contribution in [3.63, 3.8) is 0 Å². The summed E-state index contributed by atoms with van der Waals surface area (Å²) in [6.07, 6.45) is -1.80. The lowest BCUT2D eigenvalue weighted by atomic mass is 9.82. The van der Waals surface area contributed by atoms with Crippen LogP contribution in [0.1, 0.15) is 47.0 Å². The van der Waals surface area contributed by atoms with Gasteiger partial charge in [-0.05, 0) is 34.1 Å². The molecule has 0 unspecified atom stereocenters. The van der Waals surface area contributed by atoms with Gasteiger partial charge in [0.25, 0.3) is 0 Å². The predicted molar refractivity (Wildman–Crippen MR) is 72.1 cm³/mol. The van der Waals surface area contributed by atoms with Crippen LogP contribution in [0.4, 0.5) is 13.6 Å². The predicted octanol–water partition coefficient (Wildman–Crippen LogP) is 2.88. The minimum Gasteiger partial charge on any atom is -0.466 e. The van der Waals surface area contributed by atoms with Gasteiger partial charge in [-0.1, -0.05) is 0 Å². The summed E-state index contributed by atoms with van der Waals surface area (Å²) in [5.41, 5.74) is -0.735. The minimum absolute atomic E-state index is 0.0215. The highest BCUT2D eigenvalue weighted by molar-refractivity contribution is 5.75. The standard InChI is InChI=1S/C14H23F2NO4/c1-5-20-11(18)9-6-7-14(15,16)8-10(9)17-12(19)21-13(2,3)4/h9-10H,5-8H2,1-4H3,(H,17,19)/t9-,10-/m1/s1. The molecule has 1 fully saturated rings. The van der Waals surface area contributed by atoms with E-state index in [1.54, 1.807) is 27.7 Å². The molecule has 0 saturated heterocycles. The van der Waals surface area contributed by atoms with Crippen LogP contribution in [0.25, 0.3) is 0 Å². The molecule has 0 heterocycles. The summed E-state index contributed by atoms with van der Waals surface area (Å²) < 4.78 is 37.0. The molecular formula is C14H23F2NO4. The quantitative estimate of drug-likeness (QED) is 0.814. The number of alkyl carbamates (subject to hydrolysis) is 1. The van der Waals surface area contributed by atoms with Crippen LogP contribution in [0.2, 0.25) is 0 Å². The van der Waals surface area contributed by atoms with E-state index in [0.717, 1.165) is 0 Å². The van der Waals surface area contributed by atoms with E-state index in [1.807, 2.05) is 0 Å². The molecule has 0 aliphatic heterocycles. The third-order valence-electron chi connectivity index (χ3n) is 3.12. The van der Waals surface area contributed by atoms with E-state index in [4.69, 9.17) is 9.47 Å². The van der Waals surface area contributed by atoms with E-state index in [9.17, 15) is 18.4 Å². The second-order valence-electron chi connectivity index (χ2n) is 6.21. The van der Waals surface area contributed by atoms with Crippen molar-refractivity contribution in [2.24, 2.45) is 5.92 Å². The maximum absolute atomic E-state index is 13.5. The molecule has 0 bridgehead atoms. The third kappa shape index (κ3) is 5.85. The first-order valence-electron chi connectivity index (χ1n) is 7.08. The van der Waals surface area contributed by atoms with Crippen molar-refractivity contribution in [1.82, 2.24) is 5.32 Å². The highest BCUT2D eigenvalue weighted by Gasteiger charge is 2.45. The van der Waals surface area contributed by atoms with Gasteiger partial charge in [-0.3, -0.25) is 4.79 Å². The second kappa shape index (κ2) is 6.58. The number of ether oxygens (including phenoxy) is 2. The molecule has 2 atom stereocenters. The third-order valence-corrected chi connectivity index (χ3v) is 3.12. The van der Waals surface area contributed by atoms with Gasteiger partial charge in [0.2, 0.25) is 5.92 Å². The summed E-state index contributed by atoms with van der Waals surface area (Å²) >= 11 is 0. The molecule has 0 aromatic heterocycles. The number of amides is 1. The Morgan fingerprint density at radius 3 is 2.48 bits per heavy atom. The van der Waals surface area contributed by atoms with Crippen molar-refractivity contribution >= 4 is 12.1 Å². The molecule has 7 heteroatoms. The largest absolute Gasteiger partial charge is 0.466 e. The fourth-order valence-corrected chi connectivity index (χ4v) is 2.28. The zero-order chi connectivity index (χ0) is 16.3. The van der Waals surface area contributed by atoms with Gasteiger partial charge < -0.3 is 14.8 Å². The first-order valence-corrected chi connectivity index (χ1v) is 7.08. The molecule has 0 radical (unpaired) electrons. The van der Waals surface area contributed by atoms with Crippen molar-refractivity contribution in [3.05, 3.63) is 0 Å². The summed E-state index contributed by atoms with van der Waals surface area (Å²) in [5.74, 6) is -4.23. The van der Waals surface area contributed by atoms with Crippen molar-refractivity contribution in [2.75, 3.05) is 6.61 Å². The lowest BCUT2D eigenvalue weighted by Crippen LogP contribution is -2.51. The minimum atomic E-state index is -2.90. The first kappa shape index (κ1) is 17.7. The molecule has 0 aromatic carbocycles. The Morgan fingerprint density at radius 1 is 1.33 bits per heavy atom.